The van der Waals surface area contributed by atoms with Crippen LogP contribution in [-0.4, -0.2) is 25.9 Å². The van der Waals surface area contributed by atoms with E-state index < -0.39 is 0 Å². The van der Waals surface area contributed by atoms with Crippen molar-refractivity contribution in [2.45, 2.75) is 25.8 Å². The Kier molecular flexibility index (Phi) is 4.06. The molecule has 0 aromatic heterocycles. The second-order valence-corrected chi connectivity index (χ2v) is 5.22. The highest BCUT2D eigenvalue weighted by Gasteiger charge is 2.17. The molecule has 1 N–H and O–H groups in total. The van der Waals surface area contributed by atoms with Crippen molar-refractivity contribution in [3.05, 3.63) is 23.8 Å². The van der Waals surface area contributed by atoms with Crippen molar-refractivity contribution in [2.24, 2.45) is 5.92 Å². The first-order valence-corrected chi connectivity index (χ1v) is 7.04. The normalized spacial score (nSPS) is 18.0. The lowest BCUT2D eigenvalue weighted by molar-refractivity contribution is -0.122. The first kappa shape index (κ1) is 13.2. The molecule has 1 amide bonds. The molecule has 1 saturated heterocycles. The Morgan fingerprint density at radius 3 is 2.85 bits per heavy atom. The van der Waals surface area contributed by atoms with Gasteiger partial charge in [-0.25, -0.2) is 0 Å². The molecule has 0 aliphatic carbocycles. The Bertz CT molecular complexity index is 483. The SMILES string of the molecule is O=C(CC1CCOCC1)NCc1ccc2c(c1)OCO2. The maximum absolute atomic E-state index is 11.9. The summed E-state index contributed by atoms with van der Waals surface area (Å²) in [6, 6.07) is 5.74. The number of benzene rings is 1. The van der Waals surface area contributed by atoms with E-state index in [4.69, 9.17) is 14.2 Å². The zero-order valence-electron chi connectivity index (χ0n) is 11.4. The number of carbonyl (C=O) groups is 1. The minimum absolute atomic E-state index is 0.106. The summed E-state index contributed by atoms with van der Waals surface area (Å²) >= 11 is 0. The number of amides is 1. The molecule has 108 valence electrons. The molecule has 0 atom stereocenters. The Labute approximate surface area is 118 Å². The van der Waals surface area contributed by atoms with Gasteiger partial charge >= 0.3 is 0 Å². The number of hydrogen-bond donors (Lipinski definition) is 1. The van der Waals surface area contributed by atoms with Gasteiger partial charge in [-0.15, -0.1) is 0 Å². The van der Waals surface area contributed by atoms with E-state index in [1.54, 1.807) is 0 Å². The second kappa shape index (κ2) is 6.13. The van der Waals surface area contributed by atoms with Gasteiger partial charge in [0.25, 0.3) is 0 Å². The van der Waals surface area contributed by atoms with Gasteiger partial charge in [-0.1, -0.05) is 6.07 Å². The van der Waals surface area contributed by atoms with E-state index >= 15 is 0 Å². The second-order valence-electron chi connectivity index (χ2n) is 5.22. The maximum Gasteiger partial charge on any atom is 0.231 e. The predicted molar refractivity (Wildman–Crippen MR) is 72.6 cm³/mol. The van der Waals surface area contributed by atoms with E-state index in [2.05, 4.69) is 5.32 Å². The van der Waals surface area contributed by atoms with E-state index in [-0.39, 0.29) is 12.7 Å². The van der Waals surface area contributed by atoms with Crippen molar-refractivity contribution in [3.63, 3.8) is 0 Å². The number of fused-ring (bicyclic) bond motifs is 1. The molecule has 1 aromatic carbocycles. The van der Waals surface area contributed by atoms with Crippen LogP contribution in [0.5, 0.6) is 11.5 Å². The van der Waals surface area contributed by atoms with Gasteiger partial charge in [0.1, 0.15) is 0 Å². The molecule has 2 aliphatic heterocycles. The van der Waals surface area contributed by atoms with Crippen molar-refractivity contribution in [1.82, 2.24) is 5.32 Å². The van der Waals surface area contributed by atoms with Gasteiger partial charge in [0, 0.05) is 26.2 Å². The third kappa shape index (κ3) is 3.22. The van der Waals surface area contributed by atoms with Crippen LogP contribution in [0.2, 0.25) is 0 Å². The van der Waals surface area contributed by atoms with Crippen LogP contribution >= 0.6 is 0 Å². The summed E-state index contributed by atoms with van der Waals surface area (Å²) in [6.07, 6.45) is 2.56. The van der Waals surface area contributed by atoms with E-state index in [1.807, 2.05) is 18.2 Å². The molecule has 0 unspecified atom stereocenters. The van der Waals surface area contributed by atoms with Crippen molar-refractivity contribution in [3.8, 4) is 11.5 Å². The molecule has 1 aromatic rings. The third-order valence-corrected chi connectivity index (χ3v) is 3.74. The highest BCUT2D eigenvalue weighted by Crippen LogP contribution is 2.32. The summed E-state index contributed by atoms with van der Waals surface area (Å²) in [5.74, 6) is 2.08. The van der Waals surface area contributed by atoms with Crippen LogP contribution in [0.15, 0.2) is 18.2 Å². The zero-order chi connectivity index (χ0) is 13.8. The summed E-state index contributed by atoms with van der Waals surface area (Å²) in [6.45, 7) is 2.35. The van der Waals surface area contributed by atoms with Crippen LogP contribution in [-0.2, 0) is 16.1 Å². The number of rotatable bonds is 4. The van der Waals surface area contributed by atoms with Crippen molar-refractivity contribution < 1.29 is 19.0 Å². The average molecular weight is 277 g/mol. The number of hydrogen-bond acceptors (Lipinski definition) is 4. The smallest absolute Gasteiger partial charge is 0.231 e. The van der Waals surface area contributed by atoms with E-state index in [0.29, 0.717) is 18.9 Å². The van der Waals surface area contributed by atoms with Crippen LogP contribution in [0.1, 0.15) is 24.8 Å². The summed E-state index contributed by atoms with van der Waals surface area (Å²) in [5.41, 5.74) is 1.02. The zero-order valence-corrected chi connectivity index (χ0v) is 11.4. The summed E-state index contributed by atoms with van der Waals surface area (Å²) in [4.78, 5) is 11.9. The lowest BCUT2D eigenvalue weighted by atomic mass is 9.96. The van der Waals surface area contributed by atoms with Gasteiger partial charge in [-0.2, -0.15) is 0 Å². The van der Waals surface area contributed by atoms with Gasteiger partial charge in [0.2, 0.25) is 12.7 Å². The average Bonchev–Trinajstić information content (AvgIpc) is 2.93. The van der Waals surface area contributed by atoms with Gasteiger partial charge in [0.15, 0.2) is 11.5 Å². The molecule has 2 aliphatic rings. The van der Waals surface area contributed by atoms with E-state index in [0.717, 1.165) is 43.1 Å². The minimum Gasteiger partial charge on any atom is -0.454 e. The van der Waals surface area contributed by atoms with Gasteiger partial charge in [-0.3, -0.25) is 4.79 Å². The highest BCUT2D eigenvalue weighted by molar-refractivity contribution is 5.76. The first-order valence-electron chi connectivity index (χ1n) is 7.04. The van der Waals surface area contributed by atoms with Gasteiger partial charge in [0.05, 0.1) is 0 Å². The molecule has 5 nitrogen and oxygen atoms in total. The van der Waals surface area contributed by atoms with Crippen LogP contribution in [0.3, 0.4) is 0 Å². The van der Waals surface area contributed by atoms with Crippen LogP contribution < -0.4 is 14.8 Å². The quantitative estimate of drug-likeness (QED) is 0.912. The van der Waals surface area contributed by atoms with Crippen molar-refractivity contribution in [2.75, 3.05) is 20.0 Å². The van der Waals surface area contributed by atoms with Crippen molar-refractivity contribution in [1.29, 1.82) is 0 Å². The minimum atomic E-state index is 0.106. The first-order chi connectivity index (χ1) is 9.81. The molecule has 2 heterocycles. The summed E-state index contributed by atoms with van der Waals surface area (Å²) in [7, 11) is 0. The highest BCUT2D eigenvalue weighted by atomic mass is 16.7. The number of nitrogens with one attached hydrogen (secondary N) is 1. The summed E-state index contributed by atoms with van der Waals surface area (Å²) < 4.78 is 15.9. The Balaban J connectivity index is 1.47. The standard InChI is InChI=1S/C15H19NO4/c17-15(8-11-3-5-18-6-4-11)16-9-12-1-2-13-14(7-12)20-10-19-13/h1-2,7,11H,3-6,8-10H2,(H,16,17). The lowest BCUT2D eigenvalue weighted by Crippen LogP contribution is -2.27. The fourth-order valence-corrected chi connectivity index (χ4v) is 2.54. The molecule has 20 heavy (non-hydrogen) atoms. The summed E-state index contributed by atoms with van der Waals surface area (Å²) in [5, 5.41) is 2.96. The largest absolute Gasteiger partial charge is 0.454 e. The molecule has 5 heteroatoms. The van der Waals surface area contributed by atoms with Crippen LogP contribution in [0, 0.1) is 5.92 Å². The van der Waals surface area contributed by atoms with Gasteiger partial charge in [-0.05, 0) is 36.5 Å². The number of carbonyl (C=O) groups excluding carboxylic acids is 1. The maximum atomic E-state index is 11.9. The van der Waals surface area contributed by atoms with Crippen LogP contribution in [0.25, 0.3) is 0 Å². The van der Waals surface area contributed by atoms with E-state index in [1.165, 1.54) is 0 Å². The predicted octanol–water partition coefficient (Wildman–Crippen LogP) is 1.85. The molecular formula is C15H19NO4. The Hall–Kier alpha value is -1.75. The Morgan fingerprint density at radius 1 is 1.20 bits per heavy atom. The lowest BCUT2D eigenvalue weighted by Gasteiger charge is -2.21. The molecule has 0 saturated carbocycles. The molecule has 0 spiro atoms. The van der Waals surface area contributed by atoms with Gasteiger partial charge < -0.3 is 19.5 Å². The molecule has 1 fully saturated rings. The third-order valence-electron chi connectivity index (χ3n) is 3.74. The van der Waals surface area contributed by atoms with Crippen molar-refractivity contribution >= 4 is 5.91 Å². The topological polar surface area (TPSA) is 56.8 Å². The Morgan fingerprint density at radius 2 is 2.00 bits per heavy atom. The molecule has 0 radical (unpaired) electrons. The fourth-order valence-electron chi connectivity index (χ4n) is 2.54. The molecule has 3 rings (SSSR count). The van der Waals surface area contributed by atoms with E-state index in [9.17, 15) is 4.79 Å². The monoisotopic (exact) mass is 277 g/mol. The number of ether oxygens (including phenoxy) is 3. The van der Waals surface area contributed by atoms with Crippen LogP contribution in [0.4, 0.5) is 0 Å². The fraction of sp³-hybridized carbons (Fsp3) is 0.533. The molecule has 0 bridgehead atoms. The molecular weight excluding hydrogens is 258 g/mol.